The van der Waals surface area contributed by atoms with Gasteiger partial charge >= 0.3 is 5.69 Å². The van der Waals surface area contributed by atoms with E-state index in [4.69, 9.17) is 21.3 Å². The van der Waals surface area contributed by atoms with E-state index in [1.165, 1.54) is 24.9 Å². The third-order valence-electron chi connectivity index (χ3n) is 7.63. The Bertz CT molecular complexity index is 1830. The summed E-state index contributed by atoms with van der Waals surface area (Å²) in [7, 11) is 4.38. The van der Waals surface area contributed by atoms with Crippen molar-refractivity contribution in [1.82, 2.24) is 19.4 Å². The predicted octanol–water partition coefficient (Wildman–Crippen LogP) is 4.19. The number of carbonyl (C=O) groups excluding carboxylic acids is 2. The second-order valence-corrected chi connectivity index (χ2v) is 11.0. The van der Waals surface area contributed by atoms with E-state index in [1.54, 1.807) is 25.3 Å². The number of benzene rings is 2. The van der Waals surface area contributed by atoms with Gasteiger partial charge in [-0.3, -0.25) is 19.0 Å². The lowest BCUT2D eigenvalue weighted by molar-refractivity contribution is -0.117. The van der Waals surface area contributed by atoms with Gasteiger partial charge < -0.3 is 19.9 Å². The van der Waals surface area contributed by atoms with Crippen LogP contribution >= 0.6 is 11.6 Å². The van der Waals surface area contributed by atoms with E-state index in [1.807, 2.05) is 36.4 Å². The number of rotatable bonds is 9. The molecule has 43 heavy (non-hydrogen) atoms. The molecule has 1 atom stereocenters. The van der Waals surface area contributed by atoms with E-state index in [-0.39, 0.29) is 5.56 Å². The number of aromatic nitrogens is 3. The van der Waals surface area contributed by atoms with Crippen molar-refractivity contribution in [3.8, 4) is 28.3 Å². The molecule has 0 bridgehead atoms. The highest BCUT2D eigenvalue weighted by molar-refractivity contribution is 6.36. The molecule has 0 saturated heterocycles. The first-order valence-corrected chi connectivity index (χ1v) is 14.3. The largest absolute Gasteiger partial charge is 0.481 e. The maximum Gasteiger partial charge on any atom is 0.330 e. The zero-order valence-corrected chi connectivity index (χ0v) is 24.9. The molecule has 5 rings (SSSR count). The van der Waals surface area contributed by atoms with Crippen molar-refractivity contribution >= 4 is 29.0 Å². The zero-order chi connectivity index (χ0) is 30.7. The molecule has 2 aromatic carbocycles. The summed E-state index contributed by atoms with van der Waals surface area (Å²) in [5, 5.41) is 6.64. The summed E-state index contributed by atoms with van der Waals surface area (Å²) in [5.74, 6) is 0.568. The number of halogens is 1. The van der Waals surface area contributed by atoms with Crippen LogP contribution in [0.5, 0.6) is 5.88 Å². The Morgan fingerprint density at radius 2 is 1.84 bits per heavy atom. The first-order chi connectivity index (χ1) is 20.7. The molecular weight excluding hydrogens is 570 g/mol. The van der Waals surface area contributed by atoms with Crippen molar-refractivity contribution in [2.24, 2.45) is 20.0 Å². The van der Waals surface area contributed by atoms with Gasteiger partial charge in [-0.15, -0.1) is 0 Å². The molecule has 0 aliphatic heterocycles. The summed E-state index contributed by atoms with van der Waals surface area (Å²) in [5.41, 5.74) is 2.84. The van der Waals surface area contributed by atoms with Crippen molar-refractivity contribution in [3.63, 3.8) is 0 Å². The minimum absolute atomic E-state index is 0.151. The number of nitrogens with zero attached hydrogens (tertiary/aromatic N) is 3. The first-order valence-electron chi connectivity index (χ1n) is 13.9. The second kappa shape index (κ2) is 12.8. The van der Waals surface area contributed by atoms with E-state index in [9.17, 15) is 19.2 Å². The molecule has 1 amide bonds. The first kappa shape index (κ1) is 29.9. The number of carbonyl (C=O) groups is 2. The van der Waals surface area contributed by atoms with E-state index >= 15 is 0 Å². The highest BCUT2D eigenvalue weighted by atomic mass is 35.5. The van der Waals surface area contributed by atoms with Crippen molar-refractivity contribution < 1.29 is 14.3 Å². The molecule has 1 fully saturated rings. The molecule has 10 nitrogen and oxygen atoms in total. The number of hydrogen-bond donors (Lipinski definition) is 2. The van der Waals surface area contributed by atoms with Gasteiger partial charge in [0.1, 0.15) is 11.3 Å². The van der Waals surface area contributed by atoms with Crippen LogP contribution in [-0.2, 0) is 25.4 Å². The molecule has 4 aromatic rings. The SMILES string of the molecule is COc1nc(-c2cccc(-c3cccc(NC(=O)c4cn(C)c(=O)n(C)c4=O)c3)c2Cl)ccc1CNC[C@@H]1CCC(=O)C1. The summed E-state index contributed by atoms with van der Waals surface area (Å²) in [6, 6.07) is 16.6. The molecule has 0 spiro atoms. The van der Waals surface area contributed by atoms with E-state index < -0.39 is 17.2 Å². The molecule has 0 unspecified atom stereocenters. The van der Waals surface area contributed by atoms with Crippen molar-refractivity contribution in [2.75, 3.05) is 19.0 Å². The monoisotopic (exact) mass is 601 g/mol. The van der Waals surface area contributed by atoms with Crippen LogP contribution in [0, 0.1) is 5.92 Å². The Kier molecular flexibility index (Phi) is 8.89. The number of anilines is 1. The van der Waals surface area contributed by atoms with Gasteiger partial charge in [-0.2, -0.15) is 0 Å². The summed E-state index contributed by atoms with van der Waals surface area (Å²) in [6.07, 6.45) is 3.47. The highest BCUT2D eigenvalue weighted by Crippen LogP contribution is 2.37. The molecule has 2 heterocycles. The quantitative estimate of drug-likeness (QED) is 0.295. The minimum Gasteiger partial charge on any atom is -0.481 e. The molecule has 0 radical (unpaired) electrons. The lowest BCUT2D eigenvalue weighted by Gasteiger charge is -2.15. The number of amides is 1. The summed E-state index contributed by atoms with van der Waals surface area (Å²) < 4.78 is 7.67. The number of Topliss-reactive ketones (excluding diaryl/α,β-unsaturated/α-hetero) is 1. The molecule has 2 N–H and O–H groups in total. The van der Waals surface area contributed by atoms with Gasteiger partial charge in [0.25, 0.3) is 11.5 Å². The fraction of sp³-hybridized carbons (Fsp3) is 0.281. The molecule has 1 aliphatic rings. The predicted molar refractivity (Wildman–Crippen MR) is 166 cm³/mol. The van der Waals surface area contributed by atoms with Crippen LogP contribution in [0.2, 0.25) is 5.02 Å². The molecule has 222 valence electrons. The second-order valence-electron chi connectivity index (χ2n) is 10.6. The van der Waals surface area contributed by atoms with Gasteiger partial charge in [-0.05, 0) is 42.6 Å². The zero-order valence-electron chi connectivity index (χ0n) is 24.1. The lowest BCUT2D eigenvalue weighted by atomic mass is 10.0. The number of methoxy groups -OCH3 is 1. The van der Waals surface area contributed by atoms with Crippen molar-refractivity contribution in [1.29, 1.82) is 0 Å². The Labute approximate surface area is 253 Å². The molecule has 11 heteroatoms. The maximum absolute atomic E-state index is 12.9. The number of pyridine rings is 1. The van der Waals surface area contributed by atoms with Gasteiger partial charge in [0, 0.05) is 62.1 Å². The van der Waals surface area contributed by atoms with E-state index in [0.717, 1.165) is 34.2 Å². The van der Waals surface area contributed by atoms with Crippen molar-refractivity contribution in [3.05, 3.63) is 97.8 Å². The van der Waals surface area contributed by atoms with E-state index in [0.29, 0.717) is 58.9 Å². The molecule has 1 aliphatic carbocycles. The number of ether oxygens (including phenoxy) is 1. The van der Waals surface area contributed by atoms with Crippen LogP contribution < -0.4 is 26.6 Å². The number of hydrogen-bond acceptors (Lipinski definition) is 7. The fourth-order valence-electron chi connectivity index (χ4n) is 5.29. The van der Waals surface area contributed by atoms with Crippen LogP contribution in [0.4, 0.5) is 5.69 Å². The number of aryl methyl sites for hydroxylation is 1. The van der Waals surface area contributed by atoms with Crippen LogP contribution in [0.15, 0.2) is 70.4 Å². The van der Waals surface area contributed by atoms with Crippen molar-refractivity contribution in [2.45, 2.75) is 25.8 Å². The highest BCUT2D eigenvalue weighted by Gasteiger charge is 2.22. The van der Waals surface area contributed by atoms with Crippen LogP contribution in [0.25, 0.3) is 22.4 Å². The average Bonchev–Trinajstić information content (AvgIpc) is 3.42. The Balaban J connectivity index is 1.36. The topological polar surface area (TPSA) is 124 Å². The van der Waals surface area contributed by atoms with Crippen LogP contribution in [0.3, 0.4) is 0 Å². The fourth-order valence-corrected chi connectivity index (χ4v) is 5.62. The standard InChI is InChI=1S/C32H32ClN5O5/c1-37-18-26(31(41)38(2)32(37)42)29(40)35-22-7-4-6-20(15-22)24-8-5-9-25(28(24)33)27-13-11-21(30(36-27)43-3)17-34-16-19-10-12-23(39)14-19/h4-9,11,13,15,18-19,34H,10,12,14,16-17H2,1-3H3,(H,35,40)/t19-/m1/s1. The smallest absolute Gasteiger partial charge is 0.330 e. The van der Waals surface area contributed by atoms with Gasteiger partial charge in [-0.25, -0.2) is 9.78 Å². The Morgan fingerprint density at radius 1 is 1.07 bits per heavy atom. The van der Waals surface area contributed by atoms with Crippen LogP contribution in [-0.4, -0.2) is 39.5 Å². The maximum atomic E-state index is 12.9. The van der Waals surface area contributed by atoms with Gasteiger partial charge in [-0.1, -0.05) is 48.0 Å². The van der Waals surface area contributed by atoms with Gasteiger partial charge in [0.15, 0.2) is 0 Å². The van der Waals surface area contributed by atoms with Gasteiger partial charge in [0.2, 0.25) is 5.88 Å². The molecule has 2 aromatic heterocycles. The summed E-state index contributed by atoms with van der Waals surface area (Å²) >= 11 is 6.92. The Morgan fingerprint density at radius 3 is 2.58 bits per heavy atom. The third-order valence-corrected chi connectivity index (χ3v) is 8.03. The average molecular weight is 602 g/mol. The summed E-state index contributed by atoms with van der Waals surface area (Å²) in [6.45, 7) is 1.34. The number of ketones is 1. The number of nitrogens with one attached hydrogen (secondary N) is 2. The minimum atomic E-state index is -0.678. The Hall–Kier alpha value is -4.54. The van der Waals surface area contributed by atoms with E-state index in [2.05, 4.69) is 10.6 Å². The lowest BCUT2D eigenvalue weighted by Crippen LogP contribution is -2.40. The molecule has 1 saturated carbocycles. The summed E-state index contributed by atoms with van der Waals surface area (Å²) in [4.78, 5) is 53.7. The third kappa shape index (κ3) is 6.45. The van der Waals surface area contributed by atoms with Crippen LogP contribution in [0.1, 0.15) is 35.2 Å². The van der Waals surface area contributed by atoms with Gasteiger partial charge in [0.05, 0.1) is 17.8 Å². The molecular formula is C32H32ClN5O5. The normalized spacial score (nSPS) is 14.6.